The fourth-order valence-electron chi connectivity index (χ4n) is 1.25. The maximum atomic E-state index is 13.1. The van der Waals surface area contributed by atoms with Gasteiger partial charge >= 0.3 is 0 Å². The van der Waals surface area contributed by atoms with Crippen LogP contribution in [0.4, 0.5) is 4.39 Å². The maximum Gasteiger partial charge on any atom is 0.145 e. The van der Waals surface area contributed by atoms with Gasteiger partial charge in [0.2, 0.25) is 0 Å². The number of ether oxygens (including phenoxy) is 2. The molecule has 5 heteroatoms. The van der Waals surface area contributed by atoms with Crippen molar-refractivity contribution in [3.05, 3.63) is 29.0 Å². The van der Waals surface area contributed by atoms with Crippen LogP contribution in [0.3, 0.4) is 0 Å². The van der Waals surface area contributed by atoms with Gasteiger partial charge < -0.3 is 14.8 Å². The Bertz CT molecular complexity index is 336. The van der Waals surface area contributed by atoms with E-state index in [-0.39, 0.29) is 5.02 Å². The lowest BCUT2D eigenvalue weighted by Crippen LogP contribution is -2.21. The molecule has 0 heterocycles. The van der Waals surface area contributed by atoms with Crippen LogP contribution in [0.5, 0.6) is 5.75 Å². The Hall–Kier alpha value is -0.840. The van der Waals surface area contributed by atoms with E-state index in [9.17, 15) is 4.39 Å². The highest BCUT2D eigenvalue weighted by Gasteiger charge is 2.01. The average Bonchev–Trinajstić information content (AvgIpc) is 2.32. The summed E-state index contributed by atoms with van der Waals surface area (Å²) in [5.41, 5.74) is 0. The first-order valence-electron chi connectivity index (χ1n) is 5.51. The van der Waals surface area contributed by atoms with Gasteiger partial charge in [-0.1, -0.05) is 11.6 Å². The molecule has 0 saturated carbocycles. The quantitative estimate of drug-likeness (QED) is 0.730. The number of methoxy groups -OCH3 is 1. The Kier molecular flexibility index (Phi) is 6.93. The van der Waals surface area contributed by atoms with Gasteiger partial charge in [0.15, 0.2) is 0 Å². The molecule has 1 N–H and O–H groups in total. The number of hydrogen-bond donors (Lipinski definition) is 1. The highest BCUT2D eigenvalue weighted by molar-refractivity contribution is 6.30. The van der Waals surface area contributed by atoms with E-state index in [1.807, 2.05) is 0 Å². The Balaban J connectivity index is 2.11. The van der Waals surface area contributed by atoms with Gasteiger partial charge in [-0.15, -0.1) is 0 Å². The zero-order valence-corrected chi connectivity index (χ0v) is 10.6. The summed E-state index contributed by atoms with van der Waals surface area (Å²) in [4.78, 5) is 0. The minimum atomic E-state index is -0.456. The second-order valence-electron chi connectivity index (χ2n) is 3.52. The van der Waals surface area contributed by atoms with Gasteiger partial charge in [0.05, 0.1) is 18.2 Å². The second kappa shape index (κ2) is 8.28. The first kappa shape index (κ1) is 14.2. The van der Waals surface area contributed by atoms with Gasteiger partial charge in [0, 0.05) is 19.7 Å². The molecule has 3 nitrogen and oxygen atoms in total. The molecule has 0 aliphatic rings. The molecule has 0 spiro atoms. The molecule has 0 amide bonds. The third-order valence-corrected chi connectivity index (χ3v) is 2.45. The van der Waals surface area contributed by atoms with Crippen molar-refractivity contribution < 1.29 is 13.9 Å². The largest absolute Gasteiger partial charge is 0.493 e. The van der Waals surface area contributed by atoms with E-state index in [1.165, 1.54) is 12.1 Å². The molecule has 1 aromatic rings. The van der Waals surface area contributed by atoms with E-state index >= 15 is 0 Å². The van der Waals surface area contributed by atoms with E-state index in [1.54, 1.807) is 13.2 Å². The molecule has 96 valence electrons. The summed E-state index contributed by atoms with van der Waals surface area (Å²) < 4.78 is 23.3. The van der Waals surface area contributed by atoms with Gasteiger partial charge in [0.1, 0.15) is 11.6 Å². The van der Waals surface area contributed by atoms with Crippen LogP contribution in [0.2, 0.25) is 5.02 Å². The van der Waals surface area contributed by atoms with Gasteiger partial charge in [-0.05, 0) is 25.1 Å². The Labute approximate surface area is 106 Å². The Morgan fingerprint density at radius 2 is 2.12 bits per heavy atom. The SMILES string of the molecule is COCCNCCCOc1ccc(Cl)c(F)c1. The number of halogens is 2. The Morgan fingerprint density at radius 3 is 2.82 bits per heavy atom. The van der Waals surface area contributed by atoms with Crippen molar-refractivity contribution in [3.63, 3.8) is 0 Å². The highest BCUT2D eigenvalue weighted by atomic mass is 35.5. The topological polar surface area (TPSA) is 30.5 Å². The van der Waals surface area contributed by atoms with Crippen molar-refractivity contribution >= 4 is 11.6 Å². The highest BCUT2D eigenvalue weighted by Crippen LogP contribution is 2.20. The first-order chi connectivity index (χ1) is 8.24. The predicted molar refractivity (Wildman–Crippen MR) is 66.3 cm³/mol. The van der Waals surface area contributed by atoms with Crippen molar-refractivity contribution in [2.75, 3.05) is 33.4 Å². The summed E-state index contributed by atoms with van der Waals surface area (Å²) in [6.45, 7) is 2.91. The lowest BCUT2D eigenvalue weighted by molar-refractivity contribution is 0.198. The standard InChI is InChI=1S/C12H17ClFNO2/c1-16-8-6-15-5-2-7-17-10-3-4-11(13)12(14)9-10/h3-4,9,15H,2,5-8H2,1H3. The van der Waals surface area contributed by atoms with Crippen LogP contribution in [-0.4, -0.2) is 33.4 Å². The number of nitrogens with one attached hydrogen (secondary N) is 1. The van der Waals surface area contributed by atoms with Crippen molar-refractivity contribution in [2.24, 2.45) is 0 Å². The van der Waals surface area contributed by atoms with Gasteiger partial charge in [-0.3, -0.25) is 0 Å². The molecular formula is C12H17ClFNO2. The number of hydrogen-bond acceptors (Lipinski definition) is 3. The lowest BCUT2D eigenvalue weighted by atomic mass is 10.3. The smallest absolute Gasteiger partial charge is 0.145 e. The second-order valence-corrected chi connectivity index (χ2v) is 3.93. The predicted octanol–water partition coefficient (Wildman–Crippen LogP) is 2.48. The monoisotopic (exact) mass is 261 g/mol. The summed E-state index contributed by atoms with van der Waals surface area (Å²) in [6.07, 6.45) is 0.855. The van der Waals surface area contributed by atoms with Crippen LogP contribution in [0.25, 0.3) is 0 Å². The number of rotatable bonds is 8. The molecule has 1 aromatic carbocycles. The first-order valence-corrected chi connectivity index (χ1v) is 5.89. The normalized spacial score (nSPS) is 10.5. The molecule has 0 aromatic heterocycles. The summed E-state index contributed by atoms with van der Waals surface area (Å²) in [5.74, 6) is 0.0474. The van der Waals surface area contributed by atoms with Gasteiger partial charge in [-0.2, -0.15) is 0 Å². The molecule has 0 radical (unpaired) electrons. The minimum Gasteiger partial charge on any atom is -0.493 e. The van der Waals surface area contributed by atoms with Gasteiger partial charge in [0.25, 0.3) is 0 Å². The maximum absolute atomic E-state index is 13.1. The summed E-state index contributed by atoms with van der Waals surface area (Å²) in [7, 11) is 1.67. The van der Waals surface area contributed by atoms with Crippen molar-refractivity contribution in [2.45, 2.75) is 6.42 Å². The van der Waals surface area contributed by atoms with E-state index in [0.29, 0.717) is 19.0 Å². The number of benzene rings is 1. The van der Waals surface area contributed by atoms with Crippen LogP contribution in [0, 0.1) is 5.82 Å². The zero-order valence-electron chi connectivity index (χ0n) is 9.84. The van der Waals surface area contributed by atoms with E-state index in [4.69, 9.17) is 21.1 Å². The van der Waals surface area contributed by atoms with Gasteiger partial charge in [-0.25, -0.2) is 4.39 Å². The summed E-state index contributed by atoms with van der Waals surface area (Å²) in [5, 5.41) is 3.30. The van der Waals surface area contributed by atoms with Crippen molar-refractivity contribution in [3.8, 4) is 5.75 Å². The van der Waals surface area contributed by atoms with E-state index < -0.39 is 5.82 Å². The van der Waals surface area contributed by atoms with E-state index in [0.717, 1.165) is 19.5 Å². The summed E-state index contributed by atoms with van der Waals surface area (Å²) in [6, 6.07) is 4.44. The molecule has 0 fully saturated rings. The van der Waals surface area contributed by atoms with Crippen LogP contribution in [-0.2, 0) is 4.74 Å². The fourth-order valence-corrected chi connectivity index (χ4v) is 1.37. The van der Waals surface area contributed by atoms with Crippen LogP contribution >= 0.6 is 11.6 Å². The van der Waals surface area contributed by atoms with Crippen LogP contribution in [0.1, 0.15) is 6.42 Å². The fraction of sp³-hybridized carbons (Fsp3) is 0.500. The van der Waals surface area contributed by atoms with Crippen molar-refractivity contribution in [1.82, 2.24) is 5.32 Å². The molecule has 0 saturated heterocycles. The molecule has 0 aliphatic carbocycles. The van der Waals surface area contributed by atoms with Crippen molar-refractivity contribution in [1.29, 1.82) is 0 Å². The minimum absolute atomic E-state index is 0.110. The van der Waals surface area contributed by atoms with E-state index in [2.05, 4.69) is 5.32 Å². The molecule has 17 heavy (non-hydrogen) atoms. The lowest BCUT2D eigenvalue weighted by Gasteiger charge is -2.07. The van der Waals surface area contributed by atoms with Crippen LogP contribution in [0.15, 0.2) is 18.2 Å². The zero-order chi connectivity index (χ0) is 12.5. The van der Waals surface area contributed by atoms with Crippen LogP contribution < -0.4 is 10.1 Å². The molecule has 0 unspecified atom stereocenters. The third-order valence-electron chi connectivity index (χ3n) is 2.14. The Morgan fingerprint density at radius 1 is 1.29 bits per heavy atom. The average molecular weight is 262 g/mol. The summed E-state index contributed by atoms with van der Waals surface area (Å²) >= 11 is 5.56. The molecule has 0 atom stereocenters. The third kappa shape index (κ3) is 5.86. The molecule has 0 bridgehead atoms. The molecular weight excluding hydrogens is 245 g/mol. The molecule has 0 aliphatic heterocycles. The molecule has 1 rings (SSSR count).